The summed E-state index contributed by atoms with van der Waals surface area (Å²) >= 11 is 0. The Labute approximate surface area is 114 Å². The van der Waals surface area contributed by atoms with E-state index in [9.17, 15) is 19.8 Å². The van der Waals surface area contributed by atoms with Crippen molar-refractivity contribution in [1.29, 1.82) is 0 Å². The number of carboxylic acid groups (broad SMARTS) is 2. The van der Waals surface area contributed by atoms with Crippen molar-refractivity contribution in [1.82, 2.24) is 4.90 Å². The van der Waals surface area contributed by atoms with E-state index < -0.39 is 29.2 Å². The summed E-state index contributed by atoms with van der Waals surface area (Å²) < 4.78 is 0. The largest absolute Gasteiger partial charge is 0.481 e. The maximum Gasteiger partial charge on any atom is 0.307 e. The Bertz CT molecular complexity index is 310. The Kier molecular flexibility index (Phi) is 5.35. The van der Waals surface area contributed by atoms with E-state index in [1.165, 1.54) is 0 Å². The summed E-state index contributed by atoms with van der Waals surface area (Å²) in [6.45, 7) is 5.22. The molecule has 0 aromatic carbocycles. The van der Waals surface area contributed by atoms with Gasteiger partial charge in [0, 0.05) is 0 Å². The molecule has 5 heteroatoms. The van der Waals surface area contributed by atoms with Gasteiger partial charge in [-0.3, -0.25) is 9.59 Å². The van der Waals surface area contributed by atoms with E-state index in [4.69, 9.17) is 0 Å². The van der Waals surface area contributed by atoms with Crippen LogP contribution in [-0.2, 0) is 9.59 Å². The summed E-state index contributed by atoms with van der Waals surface area (Å²) in [6, 6.07) is 0. The summed E-state index contributed by atoms with van der Waals surface area (Å²) in [5, 5.41) is 19.0. The third-order valence-electron chi connectivity index (χ3n) is 4.72. The smallest absolute Gasteiger partial charge is 0.307 e. The molecular formula is C14H25NO4. The van der Waals surface area contributed by atoms with Gasteiger partial charge < -0.3 is 15.1 Å². The van der Waals surface area contributed by atoms with Gasteiger partial charge in [0.15, 0.2) is 0 Å². The van der Waals surface area contributed by atoms with Crippen LogP contribution in [0.1, 0.15) is 39.5 Å². The Morgan fingerprint density at radius 2 is 1.42 bits per heavy atom. The lowest BCUT2D eigenvalue weighted by molar-refractivity contribution is -0.160. The van der Waals surface area contributed by atoms with E-state index in [2.05, 4.69) is 4.90 Å². The van der Waals surface area contributed by atoms with Gasteiger partial charge in [0.1, 0.15) is 0 Å². The minimum atomic E-state index is -0.855. The minimum absolute atomic E-state index is 0.489. The second-order valence-electron chi connectivity index (χ2n) is 5.63. The van der Waals surface area contributed by atoms with Gasteiger partial charge in [-0.1, -0.05) is 13.8 Å². The Balaban J connectivity index is 3.15. The number of aliphatic carboxylic acids is 2. The monoisotopic (exact) mass is 271 g/mol. The van der Waals surface area contributed by atoms with Crippen LogP contribution in [0.5, 0.6) is 0 Å². The molecule has 2 atom stereocenters. The Morgan fingerprint density at radius 1 is 1.05 bits per heavy atom. The van der Waals surface area contributed by atoms with Crippen LogP contribution in [0, 0.1) is 17.3 Å². The molecule has 5 nitrogen and oxygen atoms in total. The minimum Gasteiger partial charge on any atom is -0.481 e. The molecule has 1 rings (SSSR count). The number of rotatable bonds is 6. The van der Waals surface area contributed by atoms with E-state index in [0.29, 0.717) is 25.7 Å². The lowest BCUT2D eigenvalue weighted by Crippen LogP contribution is -2.51. The first-order chi connectivity index (χ1) is 8.89. The first-order valence-corrected chi connectivity index (χ1v) is 7.03. The molecule has 0 aromatic rings. The number of hydrogen-bond donors (Lipinski definition) is 2. The number of hydrogen-bond acceptors (Lipinski definition) is 3. The van der Waals surface area contributed by atoms with E-state index in [-0.39, 0.29) is 0 Å². The normalized spacial score (nSPS) is 22.7. The third-order valence-corrected chi connectivity index (χ3v) is 4.72. The molecule has 1 aliphatic rings. The summed E-state index contributed by atoms with van der Waals surface area (Å²) in [5.41, 5.74) is -0.603. The van der Waals surface area contributed by atoms with Crippen molar-refractivity contribution < 1.29 is 19.8 Å². The second-order valence-corrected chi connectivity index (χ2v) is 5.63. The first kappa shape index (κ1) is 16.0. The molecule has 0 spiro atoms. The zero-order chi connectivity index (χ0) is 14.6. The molecule has 2 unspecified atom stereocenters. The molecule has 19 heavy (non-hydrogen) atoms. The molecule has 1 fully saturated rings. The standard InChI is InChI=1S/C14H25NO4/c1-4-10(12(16)17)14(11(5-2)13(18)19)6-8-15(3)9-7-14/h10-11H,4-9H2,1-3H3,(H,16,17)(H,18,19). The topological polar surface area (TPSA) is 77.8 Å². The van der Waals surface area contributed by atoms with Gasteiger partial charge in [0.25, 0.3) is 0 Å². The molecule has 0 saturated carbocycles. The fourth-order valence-electron chi connectivity index (χ4n) is 3.63. The van der Waals surface area contributed by atoms with Crippen LogP contribution in [0.15, 0.2) is 0 Å². The highest BCUT2D eigenvalue weighted by Crippen LogP contribution is 2.48. The van der Waals surface area contributed by atoms with Crippen LogP contribution in [0.2, 0.25) is 0 Å². The number of carbonyl (C=O) groups is 2. The van der Waals surface area contributed by atoms with Crippen molar-refractivity contribution in [2.24, 2.45) is 17.3 Å². The lowest BCUT2D eigenvalue weighted by atomic mass is 9.59. The highest BCUT2D eigenvalue weighted by atomic mass is 16.4. The Morgan fingerprint density at radius 3 is 1.68 bits per heavy atom. The molecule has 0 amide bonds. The zero-order valence-corrected chi connectivity index (χ0v) is 12.1. The molecule has 1 saturated heterocycles. The molecule has 0 aromatic heterocycles. The Hall–Kier alpha value is -1.10. The fraction of sp³-hybridized carbons (Fsp3) is 0.857. The predicted octanol–water partition coefficient (Wildman–Crippen LogP) is 1.92. The number of nitrogens with zero attached hydrogens (tertiary/aromatic N) is 1. The summed E-state index contributed by atoms with van der Waals surface area (Å²) in [5.74, 6) is -2.84. The highest BCUT2D eigenvalue weighted by molar-refractivity contribution is 5.75. The second kappa shape index (κ2) is 6.37. The zero-order valence-electron chi connectivity index (χ0n) is 12.1. The molecule has 0 bridgehead atoms. The van der Waals surface area contributed by atoms with Crippen molar-refractivity contribution in [3.8, 4) is 0 Å². The molecule has 0 aliphatic carbocycles. The first-order valence-electron chi connectivity index (χ1n) is 7.03. The number of piperidine rings is 1. The van der Waals surface area contributed by atoms with Crippen molar-refractivity contribution in [3.05, 3.63) is 0 Å². The molecule has 1 heterocycles. The van der Waals surface area contributed by atoms with Crippen LogP contribution >= 0.6 is 0 Å². The van der Waals surface area contributed by atoms with E-state index in [1.54, 1.807) is 0 Å². The van der Waals surface area contributed by atoms with Crippen LogP contribution in [0.4, 0.5) is 0 Å². The average Bonchev–Trinajstić information content (AvgIpc) is 2.33. The van der Waals surface area contributed by atoms with Gasteiger partial charge in [-0.25, -0.2) is 0 Å². The van der Waals surface area contributed by atoms with Crippen molar-refractivity contribution in [2.75, 3.05) is 20.1 Å². The number of carboxylic acids is 2. The molecule has 1 aliphatic heterocycles. The lowest BCUT2D eigenvalue weighted by Gasteiger charge is -2.47. The summed E-state index contributed by atoms with van der Waals surface area (Å²) in [7, 11) is 1.99. The maximum atomic E-state index is 11.6. The summed E-state index contributed by atoms with van der Waals surface area (Å²) in [6.07, 6.45) is 2.28. The van der Waals surface area contributed by atoms with Gasteiger partial charge in [-0.2, -0.15) is 0 Å². The quantitative estimate of drug-likeness (QED) is 0.771. The third kappa shape index (κ3) is 3.08. The van der Waals surface area contributed by atoms with Gasteiger partial charge >= 0.3 is 11.9 Å². The van der Waals surface area contributed by atoms with Gasteiger partial charge in [0.2, 0.25) is 0 Å². The SMILES string of the molecule is CCC(C(=O)O)C1(C(CC)C(=O)O)CCN(C)CC1. The number of likely N-dealkylation sites (tertiary alicyclic amines) is 1. The maximum absolute atomic E-state index is 11.6. The molecular weight excluding hydrogens is 246 g/mol. The predicted molar refractivity (Wildman–Crippen MR) is 72.0 cm³/mol. The fourth-order valence-corrected chi connectivity index (χ4v) is 3.63. The molecule has 110 valence electrons. The van der Waals surface area contributed by atoms with Crippen molar-refractivity contribution in [3.63, 3.8) is 0 Å². The highest BCUT2D eigenvalue weighted by Gasteiger charge is 2.51. The van der Waals surface area contributed by atoms with E-state index >= 15 is 0 Å². The van der Waals surface area contributed by atoms with Gasteiger partial charge in [-0.05, 0) is 51.2 Å². The van der Waals surface area contributed by atoms with Gasteiger partial charge in [-0.15, -0.1) is 0 Å². The average molecular weight is 271 g/mol. The van der Waals surface area contributed by atoms with E-state index in [0.717, 1.165) is 13.1 Å². The van der Waals surface area contributed by atoms with E-state index in [1.807, 2.05) is 20.9 Å². The van der Waals surface area contributed by atoms with Crippen LogP contribution in [0.25, 0.3) is 0 Å². The van der Waals surface area contributed by atoms with Crippen LogP contribution in [-0.4, -0.2) is 47.2 Å². The van der Waals surface area contributed by atoms with Crippen molar-refractivity contribution >= 4 is 11.9 Å². The van der Waals surface area contributed by atoms with Crippen LogP contribution < -0.4 is 0 Å². The summed E-state index contributed by atoms with van der Waals surface area (Å²) in [4.78, 5) is 25.2. The van der Waals surface area contributed by atoms with Crippen LogP contribution in [0.3, 0.4) is 0 Å². The molecule has 2 N–H and O–H groups in total. The van der Waals surface area contributed by atoms with Gasteiger partial charge in [0.05, 0.1) is 11.8 Å². The van der Waals surface area contributed by atoms with Crippen molar-refractivity contribution in [2.45, 2.75) is 39.5 Å². The molecule has 0 radical (unpaired) electrons.